The summed E-state index contributed by atoms with van der Waals surface area (Å²) in [5.41, 5.74) is 16.1. The zero-order valence-electron chi connectivity index (χ0n) is 17.9. The Morgan fingerprint density at radius 1 is 1.23 bits per heavy atom. The van der Waals surface area contributed by atoms with Crippen molar-refractivity contribution in [1.82, 2.24) is 9.88 Å². The molecule has 0 aliphatic heterocycles. The lowest BCUT2D eigenvalue weighted by Crippen LogP contribution is -2.38. The smallest absolute Gasteiger partial charge is 0.266 e. The molecule has 0 unspecified atom stereocenters. The Balaban J connectivity index is 1.86. The molecular weight excluding hydrogens is 406 g/mol. The molecule has 4 N–H and O–H groups in total. The zero-order valence-corrected chi connectivity index (χ0v) is 18.8. The highest BCUT2D eigenvalue weighted by Crippen LogP contribution is 2.43. The Morgan fingerprint density at radius 2 is 1.90 bits per heavy atom. The number of pyridine rings is 1. The number of fused-ring (bicyclic) bond motifs is 1. The molecule has 0 spiro atoms. The van der Waals surface area contributed by atoms with Gasteiger partial charge in [0.15, 0.2) is 0 Å². The molecule has 0 atom stereocenters. The van der Waals surface area contributed by atoms with Crippen LogP contribution < -0.4 is 11.5 Å². The molecule has 6 nitrogen and oxygen atoms in total. The molecule has 0 saturated heterocycles. The summed E-state index contributed by atoms with van der Waals surface area (Å²) in [5.74, 6) is 0.0715. The van der Waals surface area contributed by atoms with Gasteiger partial charge >= 0.3 is 0 Å². The second-order valence-electron chi connectivity index (χ2n) is 8.14. The number of aryl methyl sites for hydroxylation is 1. The SMILES string of the molecule is CCc1ccc(-c2c(C#N)c(N)nc3sc(C(=O)N(C)C4CCCCC4)c(N)c23)cc1. The summed E-state index contributed by atoms with van der Waals surface area (Å²) in [6.07, 6.45) is 6.48. The van der Waals surface area contributed by atoms with E-state index in [1.807, 2.05) is 36.2 Å². The Morgan fingerprint density at radius 3 is 2.52 bits per heavy atom. The molecule has 1 aliphatic carbocycles. The van der Waals surface area contributed by atoms with Gasteiger partial charge in [0.25, 0.3) is 5.91 Å². The summed E-state index contributed by atoms with van der Waals surface area (Å²) < 4.78 is 0. The van der Waals surface area contributed by atoms with Gasteiger partial charge in [0.2, 0.25) is 0 Å². The highest BCUT2D eigenvalue weighted by Gasteiger charge is 2.29. The van der Waals surface area contributed by atoms with Gasteiger partial charge in [-0.3, -0.25) is 4.79 Å². The van der Waals surface area contributed by atoms with E-state index in [1.54, 1.807) is 0 Å². The van der Waals surface area contributed by atoms with E-state index in [-0.39, 0.29) is 17.8 Å². The fourth-order valence-electron chi connectivity index (χ4n) is 4.43. The van der Waals surface area contributed by atoms with Crippen LogP contribution in [0.4, 0.5) is 11.5 Å². The van der Waals surface area contributed by atoms with Crippen molar-refractivity contribution in [3.63, 3.8) is 0 Å². The third-order valence-electron chi connectivity index (χ3n) is 6.30. The number of nitrogen functional groups attached to an aromatic ring is 2. The topological polar surface area (TPSA) is 109 Å². The molecule has 4 rings (SSSR count). The molecule has 2 aromatic heterocycles. The van der Waals surface area contributed by atoms with E-state index in [1.165, 1.54) is 23.3 Å². The molecule has 7 heteroatoms. The summed E-state index contributed by atoms with van der Waals surface area (Å²) in [6.45, 7) is 2.09. The first-order valence-electron chi connectivity index (χ1n) is 10.7. The molecule has 2 heterocycles. The van der Waals surface area contributed by atoms with Gasteiger partial charge in [-0.05, 0) is 30.4 Å². The van der Waals surface area contributed by atoms with Crippen LogP contribution in [0, 0.1) is 11.3 Å². The lowest BCUT2D eigenvalue weighted by atomic mass is 9.94. The van der Waals surface area contributed by atoms with Crippen molar-refractivity contribution in [2.24, 2.45) is 0 Å². The molecule has 3 aromatic rings. The lowest BCUT2D eigenvalue weighted by Gasteiger charge is -2.31. The first-order chi connectivity index (χ1) is 15.0. The summed E-state index contributed by atoms with van der Waals surface area (Å²) >= 11 is 1.26. The minimum Gasteiger partial charge on any atom is -0.397 e. The molecule has 1 fully saturated rings. The van der Waals surface area contributed by atoms with Gasteiger partial charge in [-0.2, -0.15) is 5.26 Å². The molecular formula is C24H27N5OS. The number of aromatic nitrogens is 1. The van der Waals surface area contributed by atoms with E-state index in [0.29, 0.717) is 31.9 Å². The molecule has 1 aromatic carbocycles. The van der Waals surface area contributed by atoms with Crippen LogP contribution in [0.1, 0.15) is 59.8 Å². The van der Waals surface area contributed by atoms with E-state index in [4.69, 9.17) is 11.5 Å². The fourth-order valence-corrected chi connectivity index (χ4v) is 5.53. The first-order valence-corrected chi connectivity index (χ1v) is 11.6. The van der Waals surface area contributed by atoms with Gasteiger partial charge in [-0.15, -0.1) is 11.3 Å². The third kappa shape index (κ3) is 3.72. The number of carbonyl (C=O) groups is 1. The van der Waals surface area contributed by atoms with Crippen LogP contribution in [0.5, 0.6) is 0 Å². The van der Waals surface area contributed by atoms with Crippen LogP contribution >= 0.6 is 11.3 Å². The van der Waals surface area contributed by atoms with E-state index >= 15 is 0 Å². The van der Waals surface area contributed by atoms with E-state index < -0.39 is 0 Å². The van der Waals surface area contributed by atoms with Gasteiger partial charge in [0, 0.05) is 24.0 Å². The second-order valence-corrected chi connectivity index (χ2v) is 9.14. The van der Waals surface area contributed by atoms with Gasteiger partial charge in [0.05, 0.1) is 5.69 Å². The minimum atomic E-state index is -0.0863. The highest BCUT2D eigenvalue weighted by molar-refractivity contribution is 7.21. The average Bonchev–Trinajstić information content (AvgIpc) is 3.13. The van der Waals surface area contributed by atoms with Gasteiger partial charge in [0.1, 0.15) is 27.2 Å². The number of hydrogen-bond donors (Lipinski definition) is 2. The summed E-state index contributed by atoms with van der Waals surface area (Å²) in [6, 6.07) is 10.4. The van der Waals surface area contributed by atoms with Gasteiger partial charge in [-0.1, -0.05) is 50.5 Å². The second kappa shape index (κ2) is 8.56. The van der Waals surface area contributed by atoms with E-state index in [2.05, 4.69) is 18.0 Å². The fraction of sp³-hybridized carbons (Fsp3) is 0.375. The standard InChI is InChI=1S/C24H27N5OS/c1-3-14-9-11-15(12-10-14)18-17(13-25)22(27)28-23-19(18)20(26)21(31-23)24(30)29(2)16-7-5-4-6-8-16/h9-12,16H,3-8,26H2,1-2H3,(H2,27,28). The third-order valence-corrected chi connectivity index (χ3v) is 7.39. The van der Waals surface area contributed by atoms with Crippen molar-refractivity contribution < 1.29 is 4.79 Å². The van der Waals surface area contributed by atoms with Crippen LogP contribution in [0.2, 0.25) is 0 Å². The summed E-state index contributed by atoms with van der Waals surface area (Å²) in [7, 11) is 1.86. The summed E-state index contributed by atoms with van der Waals surface area (Å²) in [5, 5.41) is 10.4. The number of benzene rings is 1. The number of thiophene rings is 1. The largest absolute Gasteiger partial charge is 0.397 e. The zero-order chi connectivity index (χ0) is 22.1. The van der Waals surface area contributed by atoms with Crippen molar-refractivity contribution >= 4 is 39.0 Å². The molecule has 0 radical (unpaired) electrons. The number of nitriles is 1. The van der Waals surface area contributed by atoms with Crippen molar-refractivity contribution in [1.29, 1.82) is 5.26 Å². The van der Waals surface area contributed by atoms with Crippen LogP contribution in [0.3, 0.4) is 0 Å². The van der Waals surface area contributed by atoms with Crippen LogP contribution in [0.15, 0.2) is 24.3 Å². The molecule has 1 aliphatic rings. The Hall–Kier alpha value is -3.11. The quantitative estimate of drug-likeness (QED) is 0.604. The number of nitrogens with two attached hydrogens (primary N) is 2. The number of nitrogens with zero attached hydrogens (tertiary/aromatic N) is 3. The van der Waals surface area contributed by atoms with Crippen LogP contribution in [0.25, 0.3) is 21.3 Å². The number of anilines is 2. The Kier molecular flexibility index (Phi) is 5.84. The maximum atomic E-state index is 13.3. The van der Waals surface area contributed by atoms with Crippen molar-refractivity contribution in [3.05, 3.63) is 40.3 Å². The van der Waals surface area contributed by atoms with Crippen molar-refractivity contribution in [2.75, 3.05) is 18.5 Å². The predicted molar refractivity (Wildman–Crippen MR) is 127 cm³/mol. The molecule has 0 bridgehead atoms. The average molecular weight is 434 g/mol. The van der Waals surface area contributed by atoms with E-state index in [9.17, 15) is 10.1 Å². The monoisotopic (exact) mass is 433 g/mol. The van der Waals surface area contributed by atoms with Gasteiger partial charge < -0.3 is 16.4 Å². The maximum absolute atomic E-state index is 13.3. The number of amides is 1. The van der Waals surface area contributed by atoms with Crippen LogP contribution in [-0.2, 0) is 6.42 Å². The summed E-state index contributed by atoms with van der Waals surface area (Å²) in [4.78, 5) is 20.6. The van der Waals surface area contributed by atoms with Crippen molar-refractivity contribution in [3.8, 4) is 17.2 Å². The first kappa shape index (κ1) is 21.1. The maximum Gasteiger partial charge on any atom is 0.266 e. The number of rotatable bonds is 4. The van der Waals surface area contributed by atoms with Crippen LogP contribution in [-0.4, -0.2) is 28.9 Å². The minimum absolute atomic E-state index is 0.0863. The van der Waals surface area contributed by atoms with E-state index in [0.717, 1.165) is 37.7 Å². The lowest BCUT2D eigenvalue weighted by molar-refractivity contribution is 0.0702. The number of carbonyl (C=O) groups excluding carboxylic acids is 1. The predicted octanol–water partition coefficient (Wildman–Crippen LogP) is 4.97. The normalized spacial score (nSPS) is 14.5. The Labute approximate surface area is 186 Å². The molecule has 1 saturated carbocycles. The van der Waals surface area contributed by atoms with Gasteiger partial charge in [-0.25, -0.2) is 4.98 Å². The highest BCUT2D eigenvalue weighted by atomic mass is 32.1. The molecule has 1 amide bonds. The Bertz CT molecular complexity index is 1170. The van der Waals surface area contributed by atoms with Crippen molar-refractivity contribution in [2.45, 2.75) is 51.5 Å². The molecule has 160 valence electrons. The molecule has 31 heavy (non-hydrogen) atoms. The number of hydrogen-bond acceptors (Lipinski definition) is 6.